The Kier molecular flexibility index (Phi) is 3.47. The molecule has 4 heteroatoms. The average Bonchev–Trinajstić information content (AvgIpc) is 2.50. The van der Waals surface area contributed by atoms with Crippen molar-refractivity contribution in [2.24, 2.45) is 0 Å². The Balaban J connectivity index is 2.17. The van der Waals surface area contributed by atoms with Crippen molar-refractivity contribution in [2.45, 2.75) is 6.92 Å². The van der Waals surface area contributed by atoms with Gasteiger partial charge in [-0.3, -0.25) is 4.98 Å². The molecule has 0 radical (unpaired) electrons. The fraction of sp³-hybridized carbons (Fsp3) is 0.0588. The van der Waals surface area contributed by atoms with Crippen molar-refractivity contribution in [3.05, 3.63) is 64.8 Å². The van der Waals surface area contributed by atoms with Gasteiger partial charge in [0.25, 0.3) is 0 Å². The van der Waals surface area contributed by atoms with Crippen molar-refractivity contribution in [3.63, 3.8) is 0 Å². The number of ether oxygens (including phenoxy) is 1. The molecule has 0 fully saturated rings. The van der Waals surface area contributed by atoms with E-state index in [0.29, 0.717) is 22.1 Å². The van der Waals surface area contributed by atoms with Gasteiger partial charge >= 0.3 is 0 Å². The molecule has 0 unspecified atom stereocenters. The highest BCUT2D eigenvalue weighted by Crippen LogP contribution is 2.34. The van der Waals surface area contributed by atoms with Crippen molar-refractivity contribution in [1.29, 1.82) is 5.26 Å². The maximum Gasteiger partial charge on any atom is 0.156 e. The van der Waals surface area contributed by atoms with E-state index in [1.807, 2.05) is 37.3 Å². The molecule has 0 aliphatic rings. The fourth-order valence-corrected chi connectivity index (χ4v) is 2.37. The smallest absolute Gasteiger partial charge is 0.156 e. The molecule has 1 heterocycles. The van der Waals surface area contributed by atoms with Crippen LogP contribution in [0.1, 0.15) is 11.1 Å². The van der Waals surface area contributed by atoms with Crippen molar-refractivity contribution in [1.82, 2.24) is 4.98 Å². The molecular weight excluding hydrogens is 284 g/mol. The molecule has 0 spiro atoms. The summed E-state index contributed by atoms with van der Waals surface area (Å²) in [5.41, 5.74) is 2.11. The van der Waals surface area contributed by atoms with Crippen LogP contribution >= 0.6 is 11.6 Å². The van der Waals surface area contributed by atoms with Crippen LogP contribution in [0.4, 0.5) is 0 Å². The largest absolute Gasteiger partial charge is 0.455 e. The van der Waals surface area contributed by atoms with Crippen LogP contribution in [0.15, 0.2) is 48.7 Å². The van der Waals surface area contributed by atoms with E-state index in [1.165, 1.54) is 6.20 Å². The van der Waals surface area contributed by atoms with E-state index in [4.69, 9.17) is 16.3 Å². The zero-order chi connectivity index (χ0) is 14.8. The van der Waals surface area contributed by atoms with Gasteiger partial charge in [-0.25, -0.2) is 0 Å². The summed E-state index contributed by atoms with van der Waals surface area (Å²) in [7, 11) is 0. The van der Waals surface area contributed by atoms with Crippen molar-refractivity contribution in [2.75, 3.05) is 0 Å². The number of fused-ring (bicyclic) bond motifs is 1. The molecule has 2 aromatic carbocycles. The second-order valence-electron chi connectivity index (χ2n) is 4.64. The molecule has 0 saturated carbocycles. The van der Waals surface area contributed by atoms with Crippen LogP contribution < -0.4 is 4.74 Å². The van der Waals surface area contributed by atoms with Gasteiger partial charge < -0.3 is 4.74 Å². The van der Waals surface area contributed by atoms with Gasteiger partial charge in [0, 0.05) is 16.6 Å². The Morgan fingerprint density at radius 3 is 2.76 bits per heavy atom. The van der Waals surface area contributed by atoms with Gasteiger partial charge in [0.05, 0.1) is 5.52 Å². The van der Waals surface area contributed by atoms with Crippen molar-refractivity contribution >= 4 is 22.5 Å². The third-order valence-electron chi connectivity index (χ3n) is 3.20. The lowest BCUT2D eigenvalue weighted by atomic mass is 10.1. The average molecular weight is 295 g/mol. The van der Waals surface area contributed by atoms with Crippen molar-refractivity contribution in [3.8, 4) is 17.6 Å². The van der Waals surface area contributed by atoms with E-state index in [1.54, 1.807) is 12.1 Å². The Morgan fingerprint density at radius 1 is 1.19 bits per heavy atom. The number of nitrogens with zero attached hydrogens (tertiary/aromatic N) is 2. The first-order valence-electron chi connectivity index (χ1n) is 6.41. The van der Waals surface area contributed by atoms with Gasteiger partial charge in [0.1, 0.15) is 17.4 Å². The van der Waals surface area contributed by atoms with Crippen LogP contribution in [-0.2, 0) is 0 Å². The molecular formula is C17H11ClN2O. The predicted octanol–water partition coefficient (Wildman–Crippen LogP) is 4.86. The Hall–Kier alpha value is -2.57. The molecule has 0 aliphatic carbocycles. The fourth-order valence-electron chi connectivity index (χ4n) is 2.14. The minimum absolute atomic E-state index is 0.406. The molecule has 3 rings (SSSR count). The first-order chi connectivity index (χ1) is 10.2. The molecule has 21 heavy (non-hydrogen) atoms. The van der Waals surface area contributed by atoms with Crippen LogP contribution in [-0.4, -0.2) is 4.98 Å². The highest BCUT2D eigenvalue weighted by molar-refractivity contribution is 6.30. The Bertz CT molecular complexity index is 868. The SMILES string of the molecule is Cc1cc(Cl)ccc1Oc1c(C#N)cnc2ccccc12. The van der Waals surface area contributed by atoms with E-state index >= 15 is 0 Å². The topological polar surface area (TPSA) is 45.9 Å². The van der Waals surface area contributed by atoms with Crippen LogP contribution in [0, 0.1) is 18.3 Å². The Labute approximate surface area is 127 Å². The molecule has 3 aromatic rings. The van der Waals surface area contributed by atoms with E-state index in [-0.39, 0.29) is 0 Å². The molecule has 3 nitrogen and oxygen atoms in total. The minimum Gasteiger partial charge on any atom is -0.455 e. The highest BCUT2D eigenvalue weighted by atomic mass is 35.5. The van der Waals surface area contributed by atoms with E-state index in [2.05, 4.69) is 11.1 Å². The third-order valence-corrected chi connectivity index (χ3v) is 3.43. The summed E-state index contributed by atoms with van der Waals surface area (Å²) in [5.74, 6) is 1.20. The summed E-state index contributed by atoms with van der Waals surface area (Å²) in [4.78, 5) is 4.27. The lowest BCUT2D eigenvalue weighted by Gasteiger charge is -2.12. The molecule has 0 aliphatic heterocycles. The number of pyridine rings is 1. The number of aromatic nitrogens is 1. The zero-order valence-electron chi connectivity index (χ0n) is 11.3. The summed E-state index contributed by atoms with van der Waals surface area (Å²) in [6.07, 6.45) is 1.53. The number of hydrogen-bond acceptors (Lipinski definition) is 3. The Morgan fingerprint density at radius 2 is 2.00 bits per heavy atom. The molecule has 102 valence electrons. The third kappa shape index (κ3) is 2.54. The van der Waals surface area contributed by atoms with E-state index < -0.39 is 0 Å². The summed E-state index contributed by atoms with van der Waals surface area (Å²) in [5, 5.41) is 10.7. The van der Waals surface area contributed by atoms with Gasteiger partial charge in [0.2, 0.25) is 0 Å². The number of benzene rings is 2. The number of halogens is 1. The van der Waals surface area contributed by atoms with Crippen LogP contribution in [0.3, 0.4) is 0 Å². The number of aryl methyl sites for hydroxylation is 1. The van der Waals surface area contributed by atoms with Gasteiger partial charge in [-0.1, -0.05) is 23.7 Å². The summed E-state index contributed by atoms with van der Waals surface area (Å²) < 4.78 is 5.98. The van der Waals surface area contributed by atoms with Gasteiger partial charge in [0.15, 0.2) is 5.75 Å². The molecule has 0 N–H and O–H groups in total. The summed E-state index contributed by atoms with van der Waals surface area (Å²) >= 11 is 5.96. The van der Waals surface area contributed by atoms with Crippen LogP contribution in [0.25, 0.3) is 10.9 Å². The second-order valence-corrected chi connectivity index (χ2v) is 5.08. The number of para-hydroxylation sites is 1. The molecule has 0 atom stereocenters. The standard InChI is InChI=1S/C17H11ClN2O/c1-11-8-13(18)6-7-16(11)21-17-12(9-19)10-20-15-5-3-2-4-14(15)17/h2-8,10H,1H3. The summed E-state index contributed by atoms with van der Waals surface area (Å²) in [6.45, 7) is 1.91. The number of hydrogen-bond donors (Lipinski definition) is 0. The lowest BCUT2D eigenvalue weighted by molar-refractivity contribution is 0.482. The highest BCUT2D eigenvalue weighted by Gasteiger charge is 2.12. The van der Waals surface area contributed by atoms with Crippen molar-refractivity contribution < 1.29 is 4.74 Å². The molecule has 1 aromatic heterocycles. The van der Waals surface area contributed by atoms with E-state index in [0.717, 1.165) is 16.5 Å². The number of rotatable bonds is 2. The van der Waals surface area contributed by atoms with Gasteiger partial charge in [-0.15, -0.1) is 0 Å². The number of nitriles is 1. The van der Waals surface area contributed by atoms with Crippen LogP contribution in [0.5, 0.6) is 11.5 Å². The van der Waals surface area contributed by atoms with Crippen LogP contribution in [0.2, 0.25) is 5.02 Å². The monoisotopic (exact) mass is 294 g/mol. The first kappa shape index (κ1) is 13.4. The maximum absolute atomic E-state index is 9.28. The minimum atomic E-state index is 0.406. The predicted molar refractivity (Wildman–Crippen MR) is 82.7 cm³/mol. The lowest BCUT2D eigenvalue weighted by Crippen LogP contribution is -1.93. The van der Waals surface area contributed by atoms with Gasteiger partial charge in [-0.2, -0.15) is 5.26 Å². The maximum atomic E-state index is 9.28. The quantitative estimate of drug-likeness (QED) is 0.678. The molecule has 0 amide bonds. The normalized spacial score (nSPS) is 10.3. The first-order valence-corrected chi connectivity index (χ1v) is 6.78. The molecule has 0 bridgehead atoms. The zero-order valence-corrected chi connectivity index (χ0v) is 12.1. The van der Waals surface area contributed by atoms with Gasteiger partial charge in [-0.05, 0) is 42.8 Å². The van der Waals surface area contributed by atoms with E-state index in [9.17, 15) is 5.26 Å². The molecule has 0 saturated heterocycles. The summed E-state index contributed by atoms with van der Waals surface area (Å²) in [6, 6.07) is 15.1. The second kappa shape index (κ2) is 5.43.